The third-order valence-electron chi connectivity index (χ3n) is 2.70. The molecule has 1 aliphatic rings. The van der Waals surface area contributed by atoms with E-state index in [0.29, 0.717) is 13.0 Å². The van der Waals surface area contributed by atoms with Gasteiger partial charge in [-0.15, -0.1) is 24.8 Å². The fourth-order valence-electron chi connectivity index (χ4n) is 1.99. The highest BCUT2D eigenvalue weighted by molar-refractivity contribution is 5.85. The molecule has 18 heavy (non-hydrogen) atoms. The van der Waals surface area contributed by atoms with Crippen molar-refractivity contribution in [1.29, 1.82) is 0 Å². The van der Waals surface area contributed by atoms with Crippen molar-refractivity contribution < 1.29 is 9.90 Å². The van der Waals surface area contributed by atoms with E-state index in [4.69, 9.17) is 10.9 Å². The van der Waals surface area contributed by atoms with Crippen LogP contribution in [0.15, 0.2) is 12.1 Å². The summed E-state index contributed by atoms with van der Waals surface area (Å²) in [6.45, 7) is 2.65. The van der Waals surface area contributed by atoms with Gasteiger partial charge in [-0.1, -0.05) is 12.1 Å². The average Bonchev–Trinajstić information content (AvgIpc) is 2.56. The number of rotatable bonds is 3. The van der Waals surface area contributed by atoms with Crippen LogP contribution in [-0.4, -0.2) is 16.2 Å². The molecule has 0 aliphatic carbocycles. The number of nitrogens with zero attached hydrogens (tertiary/aromatic N) is 1. The van der Waals surface area contributed by atoms with Gasteiger partial charge in [0.1, 0.15) is 0 Å². The van der Waals surface area contributed by atoms with Crippen molar-refractivity contribution >= 4 is 36.5 Å². The van der Waals surface area contributed by atoms with Crippen LogP contribution in [0.2, 0.25) is 0 Å². The number of halogens is 2. The standard InChI is InChI=1S/C11H15N3O2.2ClH/c1-7-4-8(2-3-10(15)16)5-9-6-14(12)13-11(7)9;;/h4-5,13H,2-3,6,12H2,1H3,(H,15,16);2*1H. The number of hydrogen-bond acceptors (Lipinski definition) is 4. The van der Waals surface area contributed by atoms with Crippen molar-refractivity contribution in [3.8, 4) is 0 Å². The van der Waals surface area contributed by atoms with Crippen LogP contribution >= 0.6 is 24.8 Å². The summed E-state index contributed by atoms with van der Waals surface area (Å²) in [6, 6.07) is 4.03. The van der Waals surface area contributed by atoms with Crippen molar-refractivity contribution in [3.63, 3.8) is 0 Å². The van der Waals surface area contributed by atoms with E-state index in [-0.39, 0.29) is 31.2 Å². The van der Waals surface area contributed by atoms with E-state index in [0.717, 1.165) is 22.4 Å². The van der Waals surface area contributed by atoms with Crippen molar-refractivity contribution in [3.05, 3.63) is 28.8 Å². The Morgan fingerprint density at radius 3 is 2.78 bits per heavy atom. The van der Waals surface area contributed by atoms with Gasteiger partial charge in [0.25, 0.3) is 0 Å². The molecule has 0 fully saturated rings. The quantitative estimate of drug-likeness (QED) is 0.742. The molecule has 0 saturated carbocycles. The van der Waals surface area contributed by atoms with E-state index in [1.54, 1.807) is 0 Å². The maximum Gasteiger partial charge on any atom is 0.303 e. The summed E-state index contributed by atoms with van der Waals surface area (Å²) in [5, 5.41) is 10.2. The van der Waals surface area contributed by atoms with Gasteiger partial charge in [0.2, 0.25) is 0 Å². The second kappa shape index (κ2) is 6.80. The van der Waals surface area contributed by atoms with E-state index < -0.39 is 5.97 Å². The molecule has 5 nitrogen and oxygen atoms in total. The molecule has 1 heterocycles. The molecule has 0 saturated heterocycles. The maximum absolute atomic E-state index is 10.5. The van der Waals surface area contributed by atoms with Crippen LogP contribution in [0, 0.1) is 6.92 Å². The van der Waals surface area contributed by atoms with Gasteiger partial charge in [0.15, 0.2) is 0 Å². The lowest BCUT2D eigenvalue weighted by Crippen LogP contribution is -2.30. The van der Waals surface area contributed by atoms with E-state index >= 15 is 0 Å². The molecule has 0 atom stereocenters. The minimum absolute atomic E-state index is 0. The molecular formula is C11H17Cl2N3O2. The number of hydrogen-bond donors (Lipinski definition) is 3. The SMILES string of the molecule is Cc1cc(CCC(=O)O)cc2c1NN(N)C2.Cl.Cl. The third-order valence-corrected chi connectivity index (χ3v) is 2.70. The largest absolute Gasteiger partial charge is 0.481 e. The second-order valence-corrected chi connectivity index (χ2v) is 4.08. The number of fused-ring (bicyclic) bond motifs is 1. The smallest absolute Gasteiger partial charge is 0.303 e. The monoisotopic (exact) mass is 293 g/mol. The first-order valence-electron chi connectivity index (χ1n) is 5.19. The van der Waals surface area contributed by atoms with Gasteiger partial charge in [0, 0.05) is 6.42 Å². The molecule has 0 unspecified atom stereocenters. The number of carboxylic acid groups (broad SMARTS) is 1. The molecule has 0 radical (unpaired) electrons. The van der Waals surface area contributed by atoms with Crippen LogP contribution in [0.4, 0.5) is 5.69 Å². The Balaban J connectivity index is 0.00000144. The fraction of sp³-hybridized carbons (Fsp3) is 0.364. The first-order chi connectivity index (χ1) is 7.56. The number of nitrogens with two attached hydrogens (primary N) is 1. The van der Waals surface area contributed by atoms with Crippen LogP contribution in [0.1, 0.15) is 23.1 Å². The Kier molecular flexibility index (Phi) is 6.42. The van der Waals surface area contributed by atoms with E-state index in [1.807, 2.05) is 19.1 Å². The van der Waals surface area contributed by atoms with Crippen LogP contribution in [-0.2, 0) is 17.8 Å². The zero-order chi connectivity index (χ0) is 11.7. The first kappa shape index (κ1) is 17.0. The van der Waals surface area contributed by atoms with Gasteiger partial charge in [-0.05, 0) is 30.0 Å². The number of anilines is 1. The molecule has 0 spiro atoms. The lowest BCUT2D eigenvalue weighted by atomic mass is 10.0. The second-order valence-electron chi connectivity index (χ2n) is 4.08. The summed E-state index contributed by atoms with van der Waals surface area (Å²) in [7, 11) is 0. The van der Waals surface area contributed by atoms with Gasteiger partial charge in [-0.3, -0.25) is 10.6 Å². The molecule has 0 aromatic heterocycles. The molecule has 102 valence electrons. The van der Waals surface area contributed by atoms with Gasteiger partial charge in [-0.25, -0.2) is 0 Å². The maximum atomic E-state index is 10.5. The number of carboxylic acids is 1. The highest BCUT2D eigenvalue weighted by Crippen LogP contribution is 2.28. The highest BCUT2D eigenvalue weighted by Gasteiger charge is 2.18. The van der Waals surface area contributed by atoms with Crippen molar-refractivity contribution in [2.75, 3.05) is 5.43 Å². The molecule has 2 rings (SSSR count). The summed E-state index contributed by atoms with van der Waals surface area (Å²) >= 11 is 0. The summed E-state index contributed by atoms with van der Waals surface area (Å²) < 4.78 is 0. The summed E-state index contributed by atoms with van der Waals surface area (Å²) in [5.41, 5.74) is 7.38. The number of benzene rings is 1. The lowest BCUT2D eigenvalue weighted by Gasteiger charge is -2.09. The van der Waals surface area contributed by atoms with Crippen molar-refractivity contribution in [2.24, 2.45) is 5.84 Å². The summed E-state index contributed by atoms with van der Waals surface area (Å²) in [6.07, 6.45) is 0.728. The van der Waals surface area contributed by atoms with Gasteiger partial charge in [-0.2, -0.15) is 5.12 Å². The lowest BCUT2D eigenvalue weighted by molar-refractivity contribution is -0.136. The Morgan fingerprint density at radius 2 is 2.17 bits per heavy atom. The van der Waals surface area contributed by atoms with Gasteiger partial charge in [0.05, 0.1) is 12.2 Å². The number of aryl methyl sites for hydroxylation is 2. The third kappa shape index (κ3) is 3.74. The highest BCUT2D eigenvalue weighted by atomic mass is 35.5. The van der Waals surface area contributed by atoms with Crippen LogP contribution in [0.5, 0.6) is 0 Å². The van der Waals surface area contributed by atoms with Crippen molar-refractivity contribution in [2.45, 2.75) is 26.3 Å². The number of hydrazine groups is 2. The molecule has 1 aromatic rings. The fourth-order valence-corrected chi connectivity index (χ4v) is 1.99. The van der Waals surface area contributed by atoms with Crippen LogP contribution < -0.4 is 11.3 Å². The Hall–Kier alpha value is -1.01. The zero-order valence-corrected chi connectivity index (χ0v) is 11.6. The van der Waals surface area contributed by atoms with E-state index in [9.17, 15) is 4.79 Å². The first-order valence-corrected chi connectivity index (χ1v) is 5.19. The van der Waals surface area contributed by atoms with E-state index in [2.05, 4.69) is 5.43 Å². The van der Waals surface area contributed by atoms with E-state index in [1.165, 1.54) is 5.12 Å². The predicted molar refractivity (Wildman–Crippen MR) is 75.0 cm³/mol. The molecule has 1 aromatic carbocycles. The van der Waals surface area contributed by atoms with Gasteiger partial charge < -0.3 is 10.5 Å². The molecular weight excluding hydrogens is 277 g/mol. The molecule has 0 amide bonds. The predicted octanol–water partition coefficient (Wildman–Crippen LogP) is 1.87. The molecule has 1 aliphatic heterocycles. The van der Waals surface area contributed by atoms with Crippen LogP contribution in [0.3, 0.4) is 0 Å². The average molecular weight is 294 g/mol. The van der Waals surface area contributed by atoms with Gasteiger partial charge >= 0.3 is 5.97 Å². The Bertz CT molecular complexity index is 441. The number of aliphatic carboxylic acids is 1. The normalized spacial score (nSPS) is 13.0. The zero-order valence-electron chi connectivity index (χ0n) is 9.97. The summed E-state index contributed by atoms with van der Waals surface area (Å²) in [5.74, 6) is 4.89. The minimum atomic E-state index is -0.767. The number of carbonyl (C=O) groups is 1. The van der Waals surface area contributed by atoms with Crippen LogP contribution in [0.25, 0.3) is 0 Å². The Labute approximate surface area is 118 Å². The molecule has 4 N–H and O–H groups in total. The molecule has 7 heteroatoms. The topological polar surface area (TPSA) is 78.6 Å². The number of nitrogens with one attached hydrogen (secondary N) is 1. The van der Waals surface area contributed by atoms with Crippen molar-refractivity contribution in [1.82, 2.24) is 5.12 Å². The summed E-state index contributed by atoms with van der Waals surface area (Å²) in [4.78, 5) is 10.5. The molecule has 0 bridgehead atoms. The Morgan fingerprint density at radius 1 is 1.50 bits per heavy atom. The minimum Gasteiger partial charge on any atom is -0.481 e.